The van der Waals surface area contributed by atoms with Gasteiger partial charge in [0.25, 0.3) is 11.8 Å². The van der Waals surface area contributed by atoms with Crippen LogP contribution in [0.2, 0.25) is 0 Å². The van der Waals surface area contributed by atoms with Gasteiger partial charge in [0.05, 0.1) is 11.1 Å². The highest BCUT2D eigenvalue weighted by atomic mass is 16.7. The summed E-state index contributed by atoms with van der Waals surface area (Å²) in [5, 5.41) is 2.77. The summed E-state index contributed by atoms with van der Waals surface area (Å²) in [7, 11) is 0. The molecule has 2 aromatic rings. The molecule has 0 radical (unpaired) electrons. The normalized spacial score (nSPS) is 15.2. The zero-order valence-corrected chi connectivity index (χ0v) is 15.9. The molecule has 0 aliphatic carbocycles. The average molecular weight is 396 g/mol. The molecule has 2 aliphatic rings. The van der Waals surface area contributed by atoms with Crippen molar-refractivity contribution in [1.82, 2.24) is 14.8 Å². The van der Waals surface area contributed by atoms with E-state index in [1.807, 2.05) is 0 Å². The number of nitrogens with one attached hydrogen (secondary N) is 1. The Bertz CT molecular complexity index is 969. The predicted octanol–water partition coefficient (Wildman–Crippen LogP) is 1.37. The molecule has 1 saturated heterocycles. The van der Waals surface area contributed by atoms with Crippen molar-refractivity contribution < 1.29 is 23.9 Å². The Kier molecular flexibility index (Phi) is 5.03. The molecule has 1 fully saturated rings. The van der Waals surface area contributed by atoms with Gasteiger partial charge in [0.1, 0.15) is 0 Å². The summed E-state index contributed by atoms with van der Waals surface area (Å²) in [5.41, 5.74) is 1.16. The molecule has 0 unspecified atom stereocenters. The number of benzene rings is 1. The van der Waals surface area contributed by atoms with E-state index < -0.39 is 0 Å². The lowest BCUT2D eigenvalue weighted by Gasteiger charge is -2.34. The van der Waals surface area contributed by atoms with Crippen LogP contribution < -0.4 is 14.8 Å². The minimum absolute atomic E-state index is 0.000881. The van der Waals surface area contributed by atoms with Crippen molar-refractivity contribution in [2.24, 2.45) is 0 Å². The van der Waals surface area contributed by atoms with Gasteiger partial charge in [-0.2, -0.15) is 0 Å². The Balaban J connectivity index is 1.43. The van der Waals surface area contributed by atoms with E-state index in [1.54, 1.807) is 28.0 Å². The van der Waals surface area contributed by atoms with Crippen LogP contribution in [0.25, 0.3) is 0 Å². The van der Waals surface area contributed by atoms with Crippen LogP contribution in [-0.2, 0) is 4.79 Å². The largest absolute Gasteiger partial charge is 0.454 e. The number of carbonyl (C=O) groups excluding carboxylic acids is 3. The van der Waals surface area contributed by atoms with Gasteiger partial charge in [-0.1, -0.05) is 0 Å². The van der Waals surface area contributed by atoms with Crippen molar-refractivity contribution in [3.05, 3.63) is 47.8 Å². The van der Waals surface area contributed by atoms with E-state index in [1.165, 1.54) is 25.4 Å². The predicted molar refractivity (Wildman–Crippen MR) is 103 cm³/mol. The van der Waals surface area contributed by atoms with Crippen molar-refractivity contribution in [3.8, 4) is 11.5 Å². The monoisotopic (exact) mass is 396 g/mol. The first-order valence-electron chi connectivity index (χ1n) is 9.22. The van der Waals surface area contributed by atoms with E-state index in [-0.39, 0.29) is 30.1 Å². The van der Waals surface area contributed by atoms with Crippen LogP contribution in [0.1, 0.15) is 27.6 Å². The van der Waals surface area contributed by atoms with E-state index in [2.05, 4.69) is 10.3 Å². The fraction of sp³-hybridized carbons (Fsp3) is 0.300. The SMILES string of the molecule is CC(=O)N1CCN(C(=O)c2cncc(C(=O)Nc3ccc4c(c3)OCO4)c2)CC1. The summed E-state index contributed by atoms with van der Waals surface area (Å²) in [6.07, 6.45) is 2.85. The lowest BCUT2D eigenvalue weighted by Crippen LogP contribution is -2.50. The maximum Gasteiger partial charge on any atom is 0.257 e. The first-order chi connectivity index (χ1) is 14.0. The van der Waals surface area contributed by atoms with Gasteiger partial charge in [0, 0.05) is 57.3 Å². The van der Waals surface area contributed by atoms with Crippen LogP contribution in [0.4, 0.5) is 5.69 Å². The zero-order valence-electron chi connectivity index (χ0n) is 15.9. The van der Waals surface area contributed by atoms with Gasteiger partial charge in [0.2, 0.25) is 12.7 Å². The van der Waals surface area contributed by atoms with E-state index in [4.69, 9.17) is 9.47 Å². The number of fused-ring (bicyclic) bond motifs is 1. The highest BCUT2D eigenvalue weighted by Gasteiger charge is 2.24. The number of carbonyl (C=O) groups is 3. The quantitative estimate of drug-likeness (QED) is 0.841. The molecule has 2 aliphatic heterocycles. The number of ether oxygens (including phenoxy) is 2. The lowest BCUT2D eigenvalue weighted by molar-refractivity contribution is -0.130. The molecular formula is C20H20N4O5. The lowest BCUT2D eigenvalue weighted by atomic mass is 10.1. The third kappa shape index (κ3) is 3.98. The summed E-state index contributed by atoms with van der Waals surface area (Å²) < 4.78 is 10.6. The third-order valence-electron chi connectivity index (χ3n) is 4.89. The fourth-order valence-electron chi connectivity index (χ4n) is 3.27. The van der Waals surface area contributed by atoms with Crippen molar-refractivity contribution >= 4 is 23.4 Å². The number of anilines is 1. The molecule has 0 atom stereocenters. The third-order valence-corrected chi connectivity index (χ3v) is 4.89. The second kappa shape index (κ2) is 7.78. The van der Waals surface area contributed by atoms with Gasteiger partial charge in [-0.15, -0.1) is 0 Å². The van der Waals surface area contributed by atoms with Gasteiger partial charge in [-0.05, 0) is 18.2 Å². The highest BCUT2D eigenvalue weighted by molar-refractivity contribution is 6.06. The summed E-state index contributed by atoms with van der Waals surface area (Å²) in [4.78, 5) is 44.2. The van der Waals surface area contributed by atoms with Gasteiger partial charge in [-0.25, -0.2) is 0 Å². The van der Waals surface area contributed by atoms with E-state index >= 15 is 0 Å². The zero-order chi connectivity index (χ0) is 20.4. The minimum Gasteiger partial charge on any atom is -0.454 e. The Labute approximate surface area is 167 Å². The number of piperazine rings is 1. The summed E-state index contributed by atoms with van der Waals surface area (Å²) in [5.74, 6) is 0.600. The fourth-order valence-corrected chi connectivity index (χ4v) is 3.27. The van der Waals surface area contributed by atoms with Gasteiger partial charge >= 0.3 is 0 Å². The van der Waals surface area contributed by atoms with Crippen LogP contribution in [0.15, 0.2) is 36.7 Å². The van der Waals surface area contributed by atoms with Crippen LogP contribution in [0.3, 0.4) is 0 Å². The van der Waals surface area contributed by atoms with Crippen LogP contribution in [0.5, 0.6) is 11.5 Å². The molecule has 3 heterocycles. The van der Waals surface area contributed by atoms with Gasteiger partial charge < -0.3 is 24.6 Å². The van der Waals surface area contributed by atoms with Crippen LogP contribution >= 0.6 is 0 Å². The number of nitrogens with zero attached hydrogens (tertiary/aromatic N) is 3. The number of hydrogen-bond acceptors (Lipinski definition) is 6. The smallest absolute Gasteiger partial charge is 0.257 e. The Hall–Kier alpha value is -3.62. The number of rotatable bonds is 3. The van der Waals surface area contributed by atoms with E-state index in [0.29, 0.717) is 48.9 Å². The number of amides is 3. The topological polar surface area (TPSA) is 101 Å². The van der Waals surface area contributed by atoms with E-state index in [9.17, 15) is 14.4 Å². The average Bonchev–Trinajstić information content (AvgIpc) is 3.21. The van der Waals surface area contributed by atoms with Crippen LogP contribution in [0, 0.1) is 0 Å². The molecule has 0 spiro atoms. The standard InChI is InChI=1S/C20H20N4O5/c1-13(25)23-4-6-24(7-5-23)20(27)15-8-14(10-21-11-15)19(26)22-16-2-3-17-18(9-16)29-12-28-17/h2-3,8-11H,4-7,12H2,1H3,(H,22,26). The number of pyridine rings is 1. The first kappa shape index (κ1) is 18.7. The van der Waals surface area contributed by atoms with E-state index in [0.717, 1.165) is 0 Å². The highest BCUT2D eigenvalue weighted by Crippen LogP contribution is 2.34. The molecular weight excluding hydrogens is 376 g/mol. The van der Waals surface area contributed by atoms with Crippen molar-refractivity contribution in [2.45, 2.75) is 6.92 Å². The molecule has 150 valence electrons. The van der Waals surface area contributed by atoms with Crippen molar-refractivity contribution in [1.29, 1.82) is 0 Å². The molecule has 9 nitrogen and oxygen atoms in total. The Morgan fingerprint density at radius 1 is 0.931 bits per heavy atom. The maximum atomic E-state index is 12.8. The minimum atomic E-state index is -0.382. The molecule has 9 heteroatoms. The molecule has 1 N–H and O–H groups in total. The summed E-state index contributed by atoms with van der Waals surface area (Å²) in [6.45, 7) is 3.57. The number of hydrogen-bond donors (Lipinski definition) is 1. The molecule has 4 rings (SSSR count). The molecule has 1 aromatic carbocycles. The molecule has 0 bridgehead atoms. The molecule has 29 heavy (non-hydrogen) atoms. The van der Waals surface area contributed by atoms with Crippen molar-refractivity contribution in [2.75, 3.05) is 38.3 Å². The number of aromatic nitrogens is 1. The van der Waals surface area contributed by atoms with Crippen molar-refractivity contribution in [3.63, 3.8) is 0 Å². The Morgan fingerprint density at radius 2 is 1.62 bits per heavy atom. The second-order valence-corrected chi connectivity index (χ2v) is 6.78. The maximum absolute atomic E-state index is 12.8. The first-order valence-corrected chi connectivity index (χ1v) is 9.22. The van der Waals surface area contributed by atoms with Gasteiger partial charge in [-0.3, -0.25) is 19.4 Å². The van der Waals surface area contributed by atoms with Crippen LogP contribution in [-0.4, -0.2) is 65.5 Å². The summed E-state index contributed by atoms with van der Waals surface area (Å²) >= 11 is 0. The molecule has 3 amide bonds. The Morgan fingerprint density at radius 3 is 2.38 bits per heavy atom. The van der Waals surface area contributed by atoms with Gasteiger partial charge in [0.15, 0.2) is 11.5 Å². The molecule has 1 aromatic heterocycles. The molecule has 0 saturated carbocycles. The second-order valence-electron chi connectivity index (χ2n) is 6.78. The summed E-state index contributed by atoms with van der Waals surface area (Å²) in [6, 6.07) is 6.63.